The number of hydrogen-bond acceptors (Lipinski definition) is 5. The molecule has 0 radical (unpaired) electrons. The minimum atomic E-state index is 0.153. The quantitative estimate of drug-likeness (QED) is 0.727. The van der Waals surface area contributed by atoms with Gasteiger partial charge >= 0.3 is 0 Å². The fourth-order valence-electron chi connectivity index (χ4n) is 2.29. The van der Waals surface area contributed by atoms with E-state index in [4.69, 9.17) is 4.42 Å². The van der Waals surface area contributed by atoms with Crippen LogP contribution in [0.4, 0.5) is 0 Å². The minimum Gasteiger partial charge on any atom is -0.468 e. The van der Waals surface area contributed by atoms with Crippen LogP contribution in [0.25, 0.3) is 5.65 Å². The smallest absolute Gasteiger partial charge is 0.160 e. The second-order valence-corrected chi connectivity index (χ2v) is 5.77. The summed E-state index contributed by atoms with van der Waals surface area (Å²) >= 11 is 1.84. The molecule has 3 heterocycles. The molecule has 0 aliphatic carbocycles. The van der Waals surface area contributed by atoms with E-state index < -0.39 is 0 Å². The number of pyridine rings is 1. The van der Waals surface area contributed by atoms with Gasteiger partial charge in [-0.25, -0.2) is 0 Å². The van der Waals surface area contributed by atoms with E-state index in [-0.39, 0.29) is 6.04 Å². The van der Waals surface area contributed by atoms with E-state index in [1.54, 1.807) is 6.26 Å². The highest BCUT2D eigenvalue weighted by molar-refractivity contribution is 7.98. The van der Waals surface area contributed by atoms with Gasteiger partial charge in [-0.2, -0.15) is 11.8 Å². The summed E-state index contributed by atoms with van der Waals surface area (Å²) in [5.74, 6) is 2.95. The molecule has 3 rings (SSSR count). The minimum absolute atomic E-state index is 0.153. The van der Waals surface area contributed by atoms with Crippen LogP contribution < -0.4 is 5.32 Å². The molecule has 3 aromatic heterocycles. The van der Waals surface area contributed by atoms with Gasteiger partial charge in [0, 0.05) is 6.20 Å². The second-order valence-electron chi connectivity index (χ2n) is 4.78. The lowest BCUT2D eigenvalue weighted by molar-refractivity contribution is 0.433. The molecule has 0 spiro atoms. The van der Waals surface area contributed by atoms with Gasteiger partial charge in [0.15, 0.2) is 11.5 Å². The Labute approximate surface area is 127 Å². The van der Waals surface area contributed by atoms with Crippen LogP contribution in [0.1, 0.15) is 24.0 Å². The molecular formula is C15H18N4OS. The van der Waals surface area contributed by atoms with E-state index in [1.807, 2.05) is 52.7 Å². The van der Waals surface area contributed by atoms with Gasteiger partial charge in [0.05, 0.1) is 18.8 Å². The number of hydrogen-bond donors (Lipinski definition) is 1. The molecular weight excluding hydrogens is 284 g/mol. The molecule has 0 aliphatic heterocycles. The number of furan rings is 1. The fourth-order valence-corrected chi connectivity index (χ4v) is 2.76. The van der Waals surface area contributed by atoms with E-state index in [0.29, 0.717) is 6.54 Å². The van der Waals surface area contributed by atoms with Crippen LogP contribution in [0, 0.1) is 0 Å². The van der Waals surface area contributed by atoms with E-state index in [9.17, 15) is 0 Å². The van der Waals surface area contributed by atoms with Gasteiger partial charge in [0.25, 0.3) is 0 Å². The Morgan fingerprint density at radius 3 is 3.05 bits per heavy atom. The van der Waals surface area contributed by atoms with E-state index in [0.717, 1.165) is 29.4 Å². The number of rotatable bonds is 7. The third-order valence-electron chi connectivity index (χ3n) is 3.37. The summed E-state index contributed by atoms with van der Waals surface area (Å²) in [7, 11) is 0. The summed E-state index contributed by atoms with van der Waals surface area (Å²) in [5.41, 5.74) is 0.876. The molecule has 0 saturated carbocycles. The molecule has 110 valence electrons. The van der Waals surface area contributed by atoms with Crippen molar-refractivity contribution in [2.45, 2.75) is 19.0 Å². The zero-order chi connectivity index (χ0) is 14.5. The maximum Gasteiger partial charge on any atom is 0.160 e. The second kappa shape index (κ2) is 6.78. The first-order chi connectivity index (χ1) is 10.4. The molecule has 0 fully saturated rings. The number of nitrogens with zero attached hydrogens (tertiary/aromatic N) is 3. The fraction of sp³-hybridized carbons (Fsp3) is 0.333. The summed E-state index contributed by atoms with van der Waals surface area (Å²) in [6.45, 7) is 0.688. The van der Waals surface area contributed by atoms with Crippen LogP contribution in [0.3, 0.4) is 0 Å². The van der Waals surface area contributed by atoms with Crippen LogP contribution in [0.15, 0.2) is 47.2 Å². The number of thioether (sulfide) groups is 1. The van der Waals surface area contributed by atoms with Crippen LogP contribution in [-0.2, 0) is 6.54 Å². The van der Waals surface area contributed by atoms with Gasteiger partial charge < -0.3 is 9.73 Å². The summed E-state index contributed by atoms with van der Waals surface area (Å²) < 4.78 is 7.42. The highest BCUT2D eigenvalue weighted by Gasteiger charge is 2.17. The first kappa shape index (κ1) is 14.2. The van der Waals surface area contributed by atoms with Crippen molar-refractivity contribution in [2.24, 2.45) is 0 Å². The zero-order valence-electron chi connectivity index (χ0n) is 11.9. The Morgan fingerprint density at radius 1 is 1.29 bits per heavy atom. The molecule has 0 bridgehead atoms. The average Bonchev–Trinajstić information content (AvgIpc) is 3.17. The normalized spacial score (nSPS) is 12.8. The lowest BCUT2D eigenvalue weighted by Gasteiger charge is -2.16. The van der Waals surface area contributed by atoms with E-state index >= 15 is 0 Å². The number of nitrogens with one attached hydrogen (secondary N) is 1. The number of aromatic nitrogens is 3. The van der Waals surface area contributed by atoms with Crippen molar-refractivity contribution in [1.29, 1.82) is 0 Å². The molecule has 0 aliphatic rings. The molecule has 1 unspecified atom stereocenters. The van der Waals surface area contributed by atoms with E-state index in [1.165, 1.54) is 0 Å². The van der Waals surface area contributed by atoms with Gasteiger partial charge in [0.1, 0.15) is 5.76 Å². The van der Waals surface area contributed by atoms with Crippen molar-refractivity contribution in [3.05, 3.63) is 54.4 Å². The van der Waals surface area contributed by atoms with Gasteiger partial charge in [-0.3, -0.25) is 4.40 Å². The van der Waals surface area contributed by atoms with Gasteiger partial charge in [-0.1, -0.05) is 6.07 Å². The molecule has 1 N–H and O–H groups in total. The first-order valence-corrected chi connectivity index (χ1v) is 8.32. The van der Waals surface area contributed by atoms with E-state index in [2.05, 4.69) is 21.8 Å². The molecule has 3 aromatic rings. The summed E-state index contributed by atoms with van der Waals surface area (Å²) in [6, 6.07) is 9.97. The Kier molecular flexibility index (Phi) is 4.57. The molecule has 6 heteroatoms. The highest BCUT2D eigenvalue weighted by Crippen LogP contribution is 2.19. The molecule has 0 amide bonds. The summed E-state index contributed by atoms with van der Waals surface area (Å²) in [4.78, 5) is 0. The van der Waals surface area contributed by atoms with Crippen LogP contribution in [-0.4, -0.2) is 26.6 Å². The van der Waals surface area contributed by atoms with Crippen molar-refractivity contribution in [1.82, 2.24) is 19.9 Å². The van der Waals surface area contributed by atoms with Crippen LogP contribution >= 0.6 is 11.8 Å². The average molecular weight is 302 g/mol. The monoisotopic (exact) mass is 302 g/mol. The maximum atomic E-state index is 5.38. The van der Waals surface area contributed by atoms with Crippen molar-refractivity contribution in [2.75, 3.05) is 12.0 Å². The molecule has 1 atom stereocenters. The van der Waals surface area contributed by atoms with Gasteiger partial charge in [0.2, 0.25) is 0 Å². The van der Waals surface area contributed by atoms with Crippen molar-refractivity contribution < 1.29 is 4.42 Å². The number of fused-ring (bicyclic) bond motifs is 1. The third kappa shape index (κ3) is 3.28. The molecule has 0 saturated heterocycles. The Bertz CT molecular complexity index is 680. The molecule has 5 nitrogen and oxygen atoms in total. The highest BCUT2D eigenvalue weighted by atomic mass is 32.2. The maximum absolute atomic E-state index is 5.38. The Hall–Kier alpha value is -1.79. The Balaban J connectivity index is 1.80. The Morgan fingerprint density at radius 2 is 2.24 bits per heavy atom. The predicted octanol–water partition coefficient (Wildman–Crippen LogP) is 2.91. The first-order valence-electron chi connectivity index (χ1n) is 6.93. The predicted molar refractivity (Wildman–Crippen MR) is 84.3 cm³/mol. The van der Waals surface area contributed by atoms with Crippen molar-refractivity contribution >= 4 is 17.4 Å². The summed E-state index contributed by atoms with van der Waals surface area (Å²) in [6.07, 6.45) is 6.81. The third-order valence-corrected chi connectivity index (χ3v) is 4.01. The van der Waals surface area contributed by atoms with Crippen LogP contribution in [0.5, 0.6) is 0 Å². The lowest BCUT2D eigenvalue weighted by atomic mass is 10.2. The topological polar surface area (TPSA) is 55.4 Å². The van der Waals surface area contributed by atoms with Gasteiger partial charge in [-0.05, 0) is 42.7 Å². The lowest BCUT2D eigenvalue weighted by Crippen LogP contribution is -2.23. The van der Waals surface area contributed by atoms with Crippen molar-refractivity contribution in [3.63, 3.8) is 0 Å². The van der Waals surface area contributed by atoms with Crippen molar-refractivity contribution in [3.8, 4) is 0 Å². The van der Waals surface area contributed by atoms with Crippen LogP contribution in [0.2, 0.25) is 0 Å². The van der Waals surface area contributed by atoms with Gasteiger partial charge in [-0.15, -0.1) is 10.2 Å². The summed E-state index contributed by atoms with van der Waals surface area (Å²) in [5, 5.41) is 12.1. The largest absolute Gasteiger partial charge is 0.468 e. The standard InChI is InChI=1S/C15H18N4OS/c1-21-10-7-13(16-11-12-5-4-9-20-12)15-18-17-14-6-2-3-8-19(14)15/h2-6,8-9,13,16H,7,10-11H2,1H3. The SMILES string of the molecule is CSCCC(NCc1ccco1)c1nnc2ccccn12. The zero-order valence-corrected chi connectivity index (χ0v) is 12.7. The molecule has 21 heavy (non-hydrogen) atoms. The molecule has 0 aromatic carbocycles.